The van der Waals surface area contributed by atoms with E-state index in [1.807, 2.05) is 24.3 Å². The van der Waals surface area contributed by atoms with Crippen LogP contribution in [0.3, 0.4) is 0 Å². The number of carboxylic acid groups (broad SMARTS) is 1. The molecule has 2 amide bonds. The number of amides is 2. The maximum Gasteiger partial charge on any atom is 0.407 e. The molecule has 3 rings (SSSR count). The molecule has 8 heteroatoms. The van der Waals surface area contributed by atoms with Crippen LogP contribution < -0.4 is 5.32 Å². The summed E-state index contributed by atoms with van der Waals surface area (Å²) >= 11 is 0. The Morgan fingerprint density at radius 3 is 2.16 bits per heavy atom. The molecule has 2 N–H and O–H groups in total. The molecule has 0 spiro atoms. The van der Waals surface area contributed by atoms with Gasteiger partial charge in [-0.25, -0.2) is 14.7 Å². The fourth-order valence-electron chi connectivity index (χ4n) is 3.77. The predicted octanol–water partition coefficient (Wildman–Crippen LogP) is 3.56. The second kappa shape index (κ2) is 9.82. The van der Waals surface area contributed by atoms with Crippen molar-refractivity contribution in [1.82, 2.24) is 10.4 Å². The number of rotatable bonds is 9. The van der Waals surface area contributed by atoms with Crippen LogP contribution in [0.25, 0.3) is 11.1 Å². The second-order valence-electron chi connectivity index (χ2n) is 8.39. The van der Waals surface area contributed by atoms with Crippen molar-refractivity contribution >= 4 is 18.0 Å². The van der Waals surface area contributed by atoms with Crippen LogP contribution in [0.5, 0.6) is 0 Å². The number of nitrogens with one attached hydrogen (secondary N) is 1. The van der Waals surface area contributed by atoms with Gasteiger partial charge in [0.15, 0.2) is 6.61 Å². The third-order valence-corrected chi connectivity index (χ3v) is 5.48. The Bertz CT molecular complexity index is 958. The quantitative estimate of drug-likeness (QED) is 0.578. The average molecular weight is 440 g/mol. The lowest BCUT2D eigenvalue weighted by Gasteiger charge is -2.27. The number of alkyl carbamates (subject to hydrolysis) is 1. The molecule has 0 radical (unpaired) electrons. The van der Waals surface area contributed by atoms with E-state index in [1.54, 1.807) is 13.8 Å². The van der Waals surface area contributed by atoms with Gasteiger partial charge >= 0.3 is 12.1 Å². The van der Waals surface area contributed by atoms with E-state index in [2.05, 4.69) is 29.6 Å². The van der Waals surface area contributed by atoms with Crippen molar-refractivity contribution in [2.24, 2.45) is 0 Å². The highest BCUT2D eigenvalue weighted by atomic mass is 16.7. The highest BCUT2D eigenvalue weighted by Crippen LogP contribution is 2.44. The zero-order valence-electron chi connectivity index (χ0n) is 18.5. The van der Waals surface area contributed by atoms with Crippen LogP contribution in [0, 0.1) is 0 Å². The van der Waals surface area contributed by atoms with E-state index in [-0.39, 0.29) is 24.9 Å². The van der Waals surface area contributed by atoms with E-state index in [0.717, 1.165) is 27.3 Å². The zero-order chi connectivity index (χ0) is 23.3. The monoisotopic (exact) mass is 440 g/mol. The molecule has 0 aromatic heterocycles. The van der Waals surface area contributed by atoms with Crippen LogP contribution in [0.2, 0.25) is 0 Å². The highest BCUT2D eigenvalue weighted by molar-refractivity contribution is 5.79. The number of fused-ring (bicyclic) bond motifs is 3. The molecule has 1 aliphatic rings. The van der Waals surface area contributed by atoms with Gasteiger partial charge in [0.25, 0.3) is 0 Å². The normalized spacial score (nSPS) is 12.6. The summed E-state index contributed by atoms with van der Waals surface area (Å²) in [6.45, 7) is 3.20. The number of nitrogens with zero attached hydrogens (tertiary/aromatic N) is 1. The summed E-state index contributed by atoms with van der Waals surface area (Å²) < 4.78 is 5.56. The maximum absolute atomic E-state index is 12.5. The SMILES string of the molecule is CN(OCC(=O)O)C(=O)CCC(C)(C)NC(=O)OCC1c2ccccc2-c2ccccc21. The minimum Gasteiger partial charge on any atom is -0.479 e. The zero-order valence-corrected chi connectivity index (χ0v) is 18.5. The van der Waals surface area contributed by atoms with E-state index >= 15 is 0 Å². The summed E-state index contributed by atoms with van der Waals surface area (Å²) in [4.78, 5) is 39.9. The first kappa shape index (κ1) is 23.3. The summed E-state index contributed by atoms with van der Waals surface area (Å²) in [7, 11) is 1.36. The molecule has 0 unspecified atom stereocenters. The molecule has 8 nitrogen and oxygen atoms in total. The molecule has 0 heterocycles. The van der Waals surface area contributed by atoms with Gasteiger partial charge in [-0.15, -0.1) is 0 Å². The van der Waals surface area contributed by atoms with Gasteiger partial charge in [-0.3, -0.25) is 9.63 Å². The molecule has 0 bridgehead atoms. The second-order valence-corrected chi connectivity index (χ2v) is 8.39. The van der Waals surface area contributed by atoms with Gasteiger partial charge in [0.2, 0.25) is 5.91 Å². The lowest BCUT2D eigenvalue weighted by molar-refractivity contribution is -0.186. The standard InChI is InChI=1S/C24H28N2O6/c1-24(2,13-12-21(27)26(3)32-15-22(28)29)25-23(30)31-14-20-18-10-6-4-8-16(18)17-9-5-7-11-19(17)20/h4-11,20H,12-15H2,1-3H3,(H,25,30)(H,28,29). The van der Waals surface area contributed by atoms with Crippen LogP contribution in [-0.4, -0.2) is 53.9 Å². The van der Waals surface area contributed by atoms with Gasteiger partial charge in [-0.05, 0) is 42.5 Å². The fourth-order valence-corrected chi connectivity index (χ4v) is 3.77. The Morgan fingerprint density at radius 2 is 1.59 bits per heavy atom. The molecule has 2 aromatic carbocycles. The van der Waals surface area contributed by atoms with Crippen LogP contribution in [0.1, 0.15) is 43.7 Å². The highest BCUT2D eigenvalue weighted by Gasteiger charge is 2.30. The molecule has 32 heavy (non-hydrogen) atoms. The van der Waals surface area contributed by atoms with Crippen molar-refractivity contribution in [1.29, 1.82) is 0 Å². The Balaban J connectivity index is 1.52. The molecule has 0 aliphatic heterocycles. The van der Waals surface area contributed by atoms with Gasteiger partial charge in [0, 0.05) is 24.9 Å². The molecule has 0 saturated heterocycles. The minimum atomic E-state index is -1.16. The Labute approximate surface area is 187 Å². The Hall–Kier alpha value is -3.39. The Morgan fingerprint density at radius 1 is 1.03 bits per heavy atom. The molecule has 0 atom stereocenters. The summed E-state index contributed by atoms with van der Waals surface area (Å²) in [5.74, 6) is -1.58. The van der Waals surface area contributed by atoms with E-state index in [9.17, 15) is 14.4 Å². The van der Waals surface area contributed by atoms with Crippen LogP contribution in [-0.2, 0) is 19.2 Å². The van der Waals surface area contributed by atoms with Gasteiger partial charge in [0.1, 0.15) is 6.61 Å². The van der Waals surface area contributed by atoms with Crippen molar-refractivity contribution in [2.75, 3.05) is 20.3 Å². The van der Waals surface area contributed by atoms with Gasteiger partial charge < -0.3 is 15.2 Å². The third-order valence-electron chi connectivity index (χ3n) is 5.48. The fraction of sp³-hybridized carbons (Fsp3) is 0.375. The van der Waals surface area contributed by atoms with Crippen molar-refractivity contribution < 1.29 is 29.1 Å². The topological polar surface area (TPSA) is 105 Å². The van der Waals surface area contributed by atoms with Crippen molar-refractivity contribution in [3.63, 3.8) is 0 Å². The summed E-state index contributed by atoms with van der Waals surface area (Å²) in [6, 6.07) is 16.2. The van der Waals surface area contributed by atoms with E-state index in [1.165, 1.54) is 7.05 Å². The van der Waals surface area contributed by atoms with E-state index in [4.69, 9.17) is 14.7 Å². The van der Waals surface area contributed by atoms with Crippen molar-refractivity contribution in [2.45, 2.75) is 38.1 Å². The summed E-state index contributed by atoms with van der Waals surface area (Å²) in [5, 5.41) is 12.3. The van der Waals surface area contributed by atoms with Gasteiger partial charge in [-0.2, -0.15) is 0 Å². The number of hydrogen-bond donors (Lipinski definition) is 2. The smallest absolute Gasteiger partial charge is 0.407 e. The van der Waals surface area contributed by atoms with E-state index < -0.39 is 24.2 Å². The number of hydrogen-bond acceptors (Lipinski definition) is 5. The number of aliphatic carboxylic acids is 1. The number of ether oxygens (including phenoxy) is 1. The minimum absolute atomic E-state index is 0.0297. The first-order chi connectivity index (χ1) is 15.2. The molecule has 1 aliphatic carbocycles. The maximum atomic E-state index is 12.5. The largest absolute Gasteiger partial charge is 0.479 e. The number of carbonyl (C=O) groups is 3. The lowest BCUT2D eigenvalue weighted by Crippen LogP contribution is -2.45. The van der Waals surface area contributed by atoms with Crippen molar-refractivity contribution in [3.8, 4) is 11.1 Å². The summed E-state index contributed by atoms with van der Waals surface area (Å²) in [6.07, 6.45) is -0.149. The molecule has 170 valence electrons. The Kier molecular flexibility index (Phi) is 7.15. The van der Waals surface area contributed by atoms with Crippen molar-refractivity contribution in [3.05, 3.63) is 59.7 Å². The van der Waals surface area contributed by atoms with Crippen LogP contribution in [0.4, 0.5) is 4.79 Å². The molecule has 0 fully saturated rings. The van der Waals surface area contributed by atoms with E-state index in [0.29, 0.717) is 6.42 Å². The average Bonchev–Trinajstić information content (AvgIpc) is 3.08. The van der Waals surface area contributed by atoms with Gasteiger partial charge in [-0.1, -0.05) is 48.5 Å². The third kappa shape index (κ3) is 5.64. The van der Waals surface area contributed by atoms with Crippen LogP contribution >= 0.6 is 0 Å². The predicted molar refractivity (Wildman–Crippen MR) is 118 cm³/mol. The molecule has 0 saturated carbocycles. The molecular formula is C24H28N2O6. The molecule has 2 aromatic rings. The number of benzene rings is 2. The first-order valence-electron chi connectivity index (χ1n) is 10.4. The lowest BCUT2D eigenvalue weighted by atomic mass is 9.98. The number of hydroxylamine groups is 2. The van der Waals surface area contributed by atoms with Gasteiger partial charge in [0.05, 0.1) is 0 Å². The first-order valence-corrected chi connectivity index (χ1v) is 10.4. The van der Waals surface area contributed by atoms with Crippen LogP contribution in [0.15, 0.2) is 48.5 Å². The number of carboxylic acids is 1. The number of carbonyl (C=O) groups excluding carboxylic acids is 2. The summed E-state index contributed by atoms with van der Waals surface area (Å²) in [5.41, 5.74) is 3.88. The molecular weight excluding hydrogens is 412 g/mol.